The lowest BCUT2D eigenvalue weighted by Gasteiger charge is -2.27. The van der Waals surface area contributed by atoms with Crippen LogP contribution in [0.1, 0.15) is 32.6 Å². The Morgan fingerprint density at radius 2 is 1.91 bits per heavy atom. The summed E-state index contributed by atoms with van der Waals surface area (Å²) >= 11 is 4.45. The van der Waals surface area contributed by atoms with E-state index in [0.717, 1.165) is 5.92 Å². The van der Waals surface area contributed by atoms with Gasteiger partial charge in [-0.05, 0) is 31.6 Å². The second kappa shape index (κ2) is 4.07. The van der Waals surface area contributed by atoms with E-state index in [4.69, 9.17) is 6.42 Å². The summed E-state index contributed by atoms with van der Waals surface area (Å²) in [5, 5.41) is 0.635. The van der Waals surface area contributed by atoms with Crippen LogP contribution in [0.25, 0.3) is 0 Å². The van der Waals surface area contributed by atoms with Crippen molar-refractivity contribution in [2.24, 2.45) is 11.8 Å². The lowest BCUT2D eigenvalue weighted by molar-refractivity contribution is 0.312. The first-order valence-corrected chi connectivity index (χ1v) is 4.90. The van der Waals surface area contributed by atoms with Crippen LogP contribution in [0.2, 0.25) is 0 Å². The van der Waals surface area contributed by atoms with E-state index in [-0.39, 0.29) is 0 Å². The Kier molecular flexibility index (Phi) is 3.33. The van der Waals surface area contributed by atoms with Crippen LogP contribution in [-0.2, 0) is 0 Å². The molecule has 0 nitrogen and oxygen atoms in total. The van der Waals surface area contributed by atoms with E-state index in [0.29, 0.717) is 11.2 Å². The van der Waals surface area contributed by atoms with Gasteiger partial charge in [-0.3, -0.25) is 0 Å². The second-order valence-corrected chi connectivity index (χ2v) is 4.25. The summed E-state index contributed by atoms with van der Waals surface area (Å²) in [6.07, 6.45) is 10.4. The van der Waals surface area contributed by atoms with Gasteiger partial charge in [0.05, 0.1) is 0 Å². The molecule has 0 aromatic rings. The highest BCUT2D eigenvalue weighted by Crippen LogP contribution is 2.31. The minimum Gasteiger partial charge on any atom is -0.176 e. The molecular formula is C10H16S. The zero-order chi connectivity index (χ0) is 8.27. The molecular weight excluding hydrogens is 152 g/mol. The number of terminal acetylenes is 1. The zero-order valence-electron chi connectivity index (χ0n) is 7.09. The normalized spacial score (nSPS) is 34.3. The maximum Gasteiger partial charge on any atom is 0.0200 e. The van der Waals surface area contributed by atoms with Crippen LogP contribution in [0.4, 0.5) is 0 Å². The molecule has 0 saturated heterocycles. The molecule has 0 bridgehead atoms. The molecule has 1 atom stereocenters. The standard InChI is InChI=1S/C10H16S/c1-3-8(2)9-4-6-10(11)7-5-9/h1,8-11H,4-7H2,2H3. The molecule has 0 aromatic carbocycles. The van der Waals surface area contributed by atoms with Crippen LogP contribution < -0.4 is 0 Å². The Labute approximate surface area is 75.2 Å². The largest absolute Gasteiger partial charge is 0.176 e. The maximum absolute atomic E-state index is 5.37. The van der Waals surface area contributed by atoms with Gasteiger partial charge in [-0.15, -0.1) is 12.3 Å². The fourth-order valence-corrected chi connectivity index (χ4v) is 2.04. The van der Waals surface area contributed by atoms with Gasteiger partial charge >= 0.3 is 0 Å². The van der Waals surface area contributed by atoms with Crippen LogP contribution in [0.3, 0.4) is 0 Å². The highest BCUT2D eigenvalue weighted by atomic mass is 32.1. The van der Waals surface area contributed by atoms with Crippen LogP contribution >= 0.6 is 12.6 Å². The summed E-state index contributed by atoms with van der Waals surface area (Å²) in [5.41, 5.74) is 0. The Balaban J connectivity index is 2.34. The number of hydrogen-bond acceptors (Lipinski definition) is 1. The fourth-order valence-electron chi connectivity index (χ4n) is 1.74. The van der Waals surface area contributed by atoms with Gasteiger partial charge in [0.25, 0.3) is 0 Å². The van der Waals surface area contributed by atoms with Gasteiger partial charge in [0.1, 0.15) is 0 Å². The molecule has 0 radical (unpaired) electrons. The van der Waals surface area contributed by atoms with Crippen molar-refractivity contribution in [3.63, 3.8) is 0 Å². The van der Waals surface area contributed by atoms with E-state index in [1.165, 1.54) is 25.7 Å². The monoisotopic (exact) mass is 168 g/mol. The number of thiol groups is 1. The van der Waals surface area contributed by atoms with Gasteiger partial charge in [-0.1, -0.05) is 6.92 Å². The first kappa shape index (κ1) is 9.00. The van der Waals surface area contributed by atoms with Gasteiger partial charge in [0.15, 0.2) is 0 Å². The molecule has 1 aliphatic rings. The van der Waals surface area contributed by atoms with Crippen molar-refractivity contribution >= 4 is 12.6 Å². The minimum absolute atomic E-state index is 0.468. The van der Waals surface area contributed by atoms with Crippen molar-refractivity contribution in [1.29, 1.82) is 0 Å². The fraction of sp³-hybridized carbons (Fsp3) is 0.800. The molecule has 0 N–H and O–H groups in total. The van der Waals surface area contributed by atoms with Gasteiger partial charge in [-0.2, -0.15) is 12.6 Å². The highest BCUT2D eigenvalue weighted by molar-refractivity contribution is 7.80. The van der Waals surface area contributed by atoms with E-state index in [9.17, 15) is 0 Å². The van der Waals surface area contributed by atoms with Gasteiger partial charge < -0.3 is 0 Å². The topological polar surface area (TPSA) is 0 Å². The molecule has 1 aliphatic carbocycles. The third-order valence-electron chi connectivity index (χ3n) is 2.71. The van der Waals surface area contributed by atoms with Crippen molar-refractivity contribution in [2.45, 2.75) is 37.9 Å². The van der Waals surface area contributed by atoms with Gasteiger partial charge in [-0.25, -0.2) is 0 Å². The molecule has 62 valence electrons. The lowest BCUT2D eigenvalue weighted by atomic mass is 9.81. The summed E-state index contributed by atoms with van der Waals surface area (Å²) in [5.74, 6) is 4.06. The predicted octanol–water partition coefficient (Wildman–Crippen LogP) is 2.74. The Morgan fingerprint density at radius 3 is 2.36 bits per heavy atom. The van der Waals surface area contributed by atoms with Crippen molar-refractivity contribution in [1.82, 2.24) is 0 Å². The summed E-state index contributed by atoms with van der Waals surface area (Å²) < 4.78 is 0. The first-order chi connectivity index (χ1) is 5.24. The molecule has 0 spiro atoms. The quantitative estimate of drug-likeness (QED) is 0.452. The Morgan fingerprint density at radius 1 is 1.36 bits per heavy atom. The molecule has 1 fully saturated rings. The van der Waals surface area contributed by atoms with Crippen LogP contribution in [-0.4, -0.2) is 5.25 Å². The molecule has 1 heteroatoms. The van der Waals surface area contributed by atoms with E-state index in [1.54, 1.807) is 0 Å². The molecule has 0 aromatic heterocycles. The molecule has 0 aliphatic heterocycles. The van der Waals surface area contributed by atoms with E-state index >= 15 is 0 Å². The van der Waals surface area contributed by atoms with Crippen molar-refractivity contribution < 1.29 is 0 Å². The van der Waals surface area contributed by atoms with Gasteiger partial charge in [0.2, 0.25) is 0 Å². The maximum atomic E-state index is 5.37. The second-order valence-electron chi connectivity index (χ2n) is 3.52. The van der Waals surface area contributed by atoms with Crippen molar-refractivity contribution in [3.8, 4) is 12.3 Å². The Hall–Kier alpha value is -0.0900. The smallest absolute Gasteiger partial charge is 0.0200 e. The molecule has 0 amide bonds. The van der Waals surface area contributed by atoms with Crippen LogP contribution in [0, 0.1) is 24.2 Å². The molecule has 1 saturated carbocycles. The lowest BCUT2D eigenvalue weighted by Crippen LogP contribution is -2.19. The third-order valence-corrected chi connectivity index (χ3v) is 3.23. The summed E-state index contributed by atoms with van der Waals surface area (Å²) in [6, 6.07) is 0. The molecule has 11 heavy (non-hydrogen) atoms. The Bertz CT molecular complexity index is 149. The third kappa shape index (κ3) is 2.45. The average Bonchev–Trinajstić information content (AvgIpc) is 2.05. The van der Waals surface area contributed by atoms with Crippen molar-refractivity contribution in [3.05, 3.63) is 0 Å². The average molecular weight is 168 g/mol. The summed E-state index contributed by atoms with van der Waals surface area (Å²) in [7, 11) is 0. The zero-order valence-corrected chi connectivity index (χ0v) is 7.98. The van der Waals surface area contributed by atoms with E-state index in [1.807, 2.05) is 0 Å². The molecule has 1 rings (SSSR count). The van der Waals surface area contributed by atoms with Crippen molar-refractivity contribution in [2.75, 3.05) is 0 Å². The summed E-state index contributed by atoms with van der Waals surface area (Å²) in [6.45, 7) is 2.16. The molecule has 1 unspecified atom stereocenters. The predicted molar refractivity (Wildman–Crippen MR) is 52.7 cm³/mol. The van der Waals surface area contributed by atoms with Crippen LogP contribution in [0.15, 0.2) is 0 Å². The van der Waals surface area contributed by atoms with Crippen LogP contribution in [0.5, 0.6) is 0 Å². The number of rotatable bonds is 1. The summed E-state index contributed by atoms with van der Waals surface area (Å²) in [4.78, 5) is 0. The molecule has 0 heterocycles. The van der Waals surface area contributed by atoms with Gasteiger partial charge in [0, 0.05) is 11.2 Å². The minimum atomic E-state index is 0.468. The van der Waals surface area contributed by atoms with E-state index in [2.05, 4.69) is 25.5 Å². The number of hydrogen-bond donors (Lipinski definition) is 1. The van der Waals surface area contributed by atoms with E-state index < -0.39 is 0 Å². The first-order valence-electron chi connectivity index (χ1n) is 4.38. The highest BCUT2D eigenvalue weighted by Gasteiger charge is 2.21. The SMILES string of the molecule is C#CC(C)C1CCC(S)CC1.